The summed E-state index contributed by atoms with van der Waals surface area (Å²) in [4.78, 5) is 3.91. The largest absolute Gasteiger partial charge is 0.338 e. The molecular formula is C9H6BrF2N3O. The molecule has 0 aliphatic carbocycles. The van der Waals surface area contributed by atoms with E-state index in [-0.39, 0.29) is 18.3 Å². The number of benzene rings is 1. The Labute approximate surface area is 97.6 Å². The highest BCUT2D eigenvalue weighted by molar-refractivity contribution is 9.10. The van der Waals surface area contributed by atoms with Gasteiger partial charge in [0.05, 0.1) is 6.54 Å². The van der Waals surface area contributed by atoms with Gasteiger partial charge in [0.25, 0.3) is 0 Å². The van der Waals surface area contributed by atoms with Crippen molar-refractivity contribution in [2.75, 3.05) is 0 Å². The maximum absolute atomic E-state index is 13.0. The van der Waals surface area contributed by atoms with E-state index in [1.807, 2.05) is 0 Å². The third-order valence-corrected chi connectivity index (χ3v) is 2.55. The zero-order chi connectivity index (χ0) is 11.7. The third-order valence-electron chi connectivity index (χ3n) is 1.89. The van der Waals surface area contributed by atoms with Gasteiger partial charge in [-0.3, -0.25) is 0 Å². The summed E-state index contributed by atoms with van der Waals surface area (Å²) >= 11 is 3.09. The minimum atomic E-state index is -0.975. The van der Waals surface area contributed by atoms with E-state index in [2.05, 4.69) is 26.1 Å². The van der Waals surface area contributed by atoms with Gasteiger partial charge in [-0.25, -0.2) is 8.78 Å². The van der Waals surface area contributed by atoms with Crippen LogP contribution in [0.3, 0.4) is 0 Å². The smallest absolute Gasteiger partial charge is 0.240 e. The fraction of sp³-hybridized carbons (Fsp3) is 0.111. The second-order valence-corrected chi connectivity index (χ2v) is 3.82. The summed E-state index contributed by atoms with van der Waals surface area (Å²) in [6.07, 6.45) is 0. The number of aromatic nitrogens is 2. The van der Waals surface area contributed by atoms with E-state index in [1.54, 1.807) is 0 Å². The van der Waals surface area contributed by atoms with E-state index in [1.165, 1.54) is 0 Å². The van der Waals surface area contributed by atoms with Gasteiger partial charge < -0.3 is 10.3 Å². The topological polar surface area (TPSA) is 64.9 Å². The molecule has 0 fully saturated rings. The second kappa shape index (κ2) is 4.26. The van der Waals surface area contributed by atoms with Gasteiger partial charge in [-0.2, -0.15) is 4.98 Å². The standard InChI is InChI=1S/C9H6BrF2N3O/c10-5-2-7(12)6(11)1-4(5)9-14-8(3-13)16-15-9/h1-2H,3,13H2. The molecular weight excluding hydrogens is 284 g/mol. The number of nitrogens with zero attached hydrogens (tertiary/aromatic N) is 2. The van der Waals surface area contributed by atoms with E-state index in [9.17, 15) is 8.78 Å². The summed E-state index contributed by atoms with van der Waals surface area (Å²) in [6.45, 7) is 0.0916. The van der Waals surface area contributed by atoms with Gasteiger partial charge in [0.15, 0.2) is 11.6 Å². The molecule has 7 heteroatoms. The number of nitrogens with two attached hydrogens (primary N) is 1. The second-order valence-electron chi connectivity index (χ2n) is 2.96. The Kier molecular flexibility index (Phi) is 2.97. The van der Waals surface area contributed by atoms with Crippen LogP contribution in [-0.2, 0) is 6.54 Å². The Hall–Kier alpha value is -1.34. The van der Waals surface area contributed by atoms with Gasteiger partial charge in [-0.1, -0.05) is 5.16 Å². The minimum Gasteiger partial charge on any atom is -0.338 e. The lowest BCUT2D eigenvalue weighted by atomic mass is 10.2. The summed E-state index contributed by atoms with van der Waals surface area (Å²) in [5.41, 5.74) is 5.60. The molecule has 0 aliphatic rings. The Morgan fingerprint density at radius 2 is 2.00 bits per heavy atom. The highest BCUT2D eigenvalue weighted by Crippen LogP contribution is 2.28. The fourth-order valence-corrected chi connectivity index (χ4v) is 1.63. The molecule has 0 unspecified atom stereocenters. The molecule has 0 atom stereocenters. The van der Waals surface area contributed by atoms with Gasteiger partial charge in [-0.05, 0) is 28.1 Å². The van der Waals surface area contributed by atoms with Crippen molar-refractivity contribution in [1.82, 2.24) is 10.1 Å². The molecule has 0 spiro atoms. The van der Waals surface area contributed by atoms with Crippen LogP contribution in [0.4, 0.5) is 8.78 Å². The molecule has 0 saturated carbocycles. The molecule has 1 heterocycles. The van der Waals surface area contributed by atoms with Crippen molar-refractivity contribution >= 4 is 15.9 Å². The van der Waals surface area contributed by atoms with Crippen LogP contribution in [0.2, 0.25) is 0 Å². The average molecular weight is 290 g/mol. The number of rotatable bonds is 2. The zero-order valence-electron chi connectivity index (χ0n) is 7.88. The molecule has 2 N–H and O–H groups in total. The summed E-state index contributed by atoms with van der Waals surface area (Å²) in [5, 5.41) is 3.60. The monoisotopic (exact) mass is 289 g/mol. The van der Waals surface area contributed by atoms with Crippen molar-refractivity contribution in [2.24, 2.45) is 5.73 Å². The predicted octanol–water partition coefficient (Wildman–Crippen LogP) is 2.24. The Morgan fingerprint density at radius 1 is 1.31 bits per heavy atom. The lowest BCUT2D eigenvalue weighted by molar-refractivity contribution is 0.380. The van der Waals surface area contributed by atoms with Crippen LogP contribution in [0.25, 0.3) is 11.4 Å². The van der Waals surface area contributed by atoms with Crippen LogP contribution in [0.5, 0.6) is 0 Å². The minimum absolute atomic E-state index is 0.0916. The van der Waals surface area contributed by atoms with Gasteiger partial charge in [-0.15, -0.1) is 0 Å². The number of hydrogen-bond acceptors (Lipinski definition) is 4. The van der Waals surface area contributed by atoms with Crippen LogP contribution >= 0.6 is 15.9 Å². The normalized spacial score (nSPS) is 10.8. The Balaban J connectivity index is 2.51. The predicted molar refractivity (Wildman–Crippen MR) is 55.2 cm³/mol. The van der Waals surface area contributed by atoms with E-state index in [4.69, 9.17) is 10.3 Å². The lowest BCUT2D eigenvalue weighted by Crippen LogP contribution is -1.96. The molecule has 1 aromatic carbocycles. The fourth-order valence-electron chi connectivity index (χ4n) is 1.14. The van der Waals surface area contributed by atoms with Gasteiger partial charge in [0.1, 0.15) is 0 Å². The highest BCUT2D eigenvalue weighted by atomic mass is 79.9. The number of hydrogen-bond donors (Lipinski definition) is 1. The highest BCUT2D eigenvalue weighted by Gasteiger charge is 2.14. The van der Waals surface area contributed by atoms with Crippen molar-refractivity contribution in [3.05, 3.63) is 34.1 Å². The van der Waals surface area contributed by atoms with Crippen molar-refractivity contribution in [1.29, 1.82) is 0 Å². The lowest BCUT2D eigenvalue weighted by Gasteiger charge is -2.00. The molecule has 0 radical (unpaired) electrons. The molecule has 0 saturated heterocycles. The number of halogens is 3. The van der Waals surface area contributed by atoms with Crippen LogP contribution < -0.4 is 5.73 Å². The van der Waals surface area contributed by atoms with E-state index in [0.717, 1.165) is 12.1 Å². The maximum atomic E-state index is 13.0. The van der Waals surface area contributed by atoms with Crippen molar-refractivity contribution < 1.29 is 13.3 Å². The van der Waals surface area contributed by atoms with E-state index in [0.29, 0.717) is 10.0 Å². The first-order chi connectivity index (χ1) is 7.61. The summed E-state index contributed by atoms with van der Waals surface area (Å²) in [6, 6.07) is 1.99. The zero-order valence-corrected chi connectivity index (χ0v) is 9.46. The summed E-state index contributed by atoms with van der Waals surface area (Å²) in [7, 11) is 0. The van der Waals surface area contributed by atoms with Gasteiger partial charge >= 0.3 is 0 Å². The van der Waals surface area contributed by atoms with Crippen molar-refractivity contribution in [3.63, 3.8) is 0 Å². The van der Waals surface area contributed by atoms with Crippen LogP contribution in [0.1, 0.15) is 5.89 Å². The maximum Gasteiger partial charge on any atom is 0.240 e. The molecule has 0 aliphatic heterocycles. The molecule has 2 aromatic rings. The Bertz CT molecular complexity index is 529. The van der Waals surface area contributed by atoms with Gasteiger partial charge in [0.2, 0.25) is 11.7 Å². The molecule has 1 aromatic heterocycles. The summed E-state index contributed by atoms with van der Waals surface area (Å²) < 4.78 is 31.0. The first-order valence-corrected chi connectivity index (χ1v) is 5.08. The SMILES string of the molecule is NCc1nc(-c2cc(F)c(F)cc2Br)no1. The quantitative estimate of drug-likeness (QED) is 0.861. The van der Waals surface area contributed by atoms with E-state index >= 15 is 0 Å². The first kappa shape index (κ1) is 11.2. The molecule has 4 nitrogen and oxygen atoms in total. The summed E-state index contributed by atoms with van der Waals surface area (Å²) in [5.74, 6) is -1.53. The van der Waals surface area contributed by atoms with Crippen molar-refractivity contribution in [3.8, 4) is 11.4 Å². The van der Waals surface area contributed by atoms with E-state index < -0.39 is 11.6 Å². The van der Waals surface area contributed by atoms with Crippen LogP contribution in [-0.4, -0.2) is 10.1 Å². The van der Waals surface area contributed by atoms with Crippen LogP contribution in [0, 0.1) is 11.6 Å². The molecule has 2 rings (SSSR count). The molecule has 0 amide bonds. The molecule has 16 heavy (non-hydrogen) atoms. The van der Waals surface area contributed by atoms with Gasteiger partial charge in [0, 0.05) is 10.0 Å². The molecule has 0 bridgehead atoms. The molecule has 84 valence electrons. The Morgan fingerprint density at radius 3 is 2.62 bits per heavy atom. The van der Waals surface area contributed by atoms with Crippen molar-refractivity contribution in [2.45, 2.75) is 6.54 Å². The van der Waals surface area contributed by atoms with Crippen LogP contribution in [0.15, 0.2) is 21.1 Å². The average Bonchev–Trinajstić information content (AvgIpc) is 2.71. The third kappa shape index (κ3) is 1.96. The first-order valence-electron chi connectivity index (χ1n) is 4.29.